The van der Waals surface area contributed by atoms with E-state index in [1.807, 2.05) is 4.90 Å². The van der Waals surface area contributed by atoms with E-state index in [0.29, 0.717) is 42.1 Å². The molecule has 4 rings (SSSR count). The zero-order valence-electron chi connectivity index (χ0n) is 25.0. The second-order valence-electron chi connectivity index (χ2n) is 11.9. The van der Waals surface area contributed by atoms with E-state index in [0.717, 1.165) is 32.1 Å². The Morgan fingerprint density at radius 3 is 2.40 bits per heavy atom. The van der Waals surface area contributed by atoms with Crippen LogP contribution >= 0.6 is 0 Å². The first-order valence-corrected chi connectivity index (χ1v) is 16.3. The Hall–Kier alpha value is -3.12. The van der Waals surface area contributed by atoms with Crippen molar-refractivity contribution in [3.8, 4) is 11.1 Å². The second kappa shape index (κ2) is 13.3. The highest BCUT2D eigenvalue weighted by Gasteiger charge is 2.46. The monoisotopic (exact) mass is 622 g/mol. The zero-order chi connectivity index (χ0) is 31.5. The third-order valence-corrected chi connectivity index (χ3v) is 9.90. The molecule has 1 heterocycles. The minimum Gasteiger partial charge on any atom is -0.340 e. The lowest BCUT2D eigenvalue weighted by atomic mass is 9.77. The van der Waals surface area contributed by atoms with Crippen molar-refractivity contribution in [1.29, 1.82) is 0 Å². The van der Waals surface area contributed by atoms with Crippen LogP contribution in [0.5, 0.6) is 0 Å². The highest BCUT2D eigenvalue weighted by molar-refractivity contribution is 7.93. The molecule has 2 fully saturated rings. The Labute approximate surface area is 252 Å². The molecule has 4 atom stereocenters. The smallest absolute Gasteiger partial charge is 0.340 e. The van der Waals surface area contributed by atoms with Gasteiger partial charge >= 0.3 is 15.5 Å². The van der Waals surface area contributed by atoms with Crippen molar-refractivity contribution >= 4 is 27.5 Å². The van der Waals surface area contributed by atoms with Crippen LogP contribution in [0.25, 0.3) is 11.1 Å². The molecule has 43 heavy (non-hydrogen) atoms. The molecule has 236 valence electrons. The average molecular weight is 623 g/mol. The number of nitrogens with zero attached hydrogens (tertiary/aromatic N) is 2. The van der Waals surface area contributed by atoms with Crippen molar-refractivity contribution in [2.45, 2.75) is 89.0 Å². The Kier molecular flexibility index (Phi) is 10.1. The van der Waals surface area contributed by atoms with Crippen LogP contribution in [0.4, 0.5) is 18.9 Å². The van der Waals surface area contributed by atoms with Gasteiger partial charge in [-0.15, -0.1) is 0 Å². The van der Waals surface area contributed by atoms with Gasteiger partial charge in [0.1, 0.15) is 6.04 Å². The van der Waals surface area contributed by atoms with Gasteiger partial charge in [-0.2, -0.15) is 21.6 Å². The number of carbonyl (C=O) groups is 2. The number of hydrogen-bond donors (Lipinski definition) is 2. The van der Waals surface area contributed by atoms with Crippen molar-refractivity contribution in [2.75, 3.05) is 18.3 Å². The molecular formula is C31H41F3N4O4S. The molecule has 2 aliphatic rings. The van der Waals surface area contributed by atoms with E-state index < -0.39 is 27.5 Å². The first kappa shape index (κ1) is 32.8. The molecule has 0 unspecified atom stereocenters. The van der Waals surface area contributed by atoms with E-state index >= 15 is 0 Å². The molecule has 8 nitrogen and oxygen atoms in total. The number of likely N-dealkylation sites (tertiary alicyclic amines) is 1. The summed E-state index contributed by atoms with van der Waals surface area (Å²) in [5, 5.41) is 2.89. The van der Waals surface area contributed by atoms with E-state index in [1.54, 1.807) is 30.3 Å². The standard InChI is InChI=1S/C31H41F3N4O4S/c1-5-8-23-19-26(37(4)20(2)3)13-14-28(23)38-16-15-27(30(38)40)35-29(39)24-11-6-9-21(17-24)22-10-7-12-25(18-22)36-43(41,42)31(32,33)34/h6-7,9-12,17-18,20,23,26-28,36H,5,8,13-16,19H2,1-4H3,(H,35,39)/t23-,26-,27+,28+/m1/s1. The molecule has 12 heteroatoms. The fourth-order valence-electron chi connectivity index (χ4n) is 6.33. The molecule has 1 saturated carbocycles. The number of alkyl halides is 3. The number of amides is 2. The summed E-state index contributed by atoms with van der Waals surface area (Å²) in [4.78, 5) is 31.1. The van der Waals surface area contributed by atoms with Crippen LogP contribution in [0.3, 0.4) is 0 Å². The molecule has 0 spiro atoms. The van der Waals surface area contributed by atoms with Crippen LogP contribution in [0.1, 0.15) is 69.7 Å². The van der Waals surface area contributed by atoms with Gasteiger partial charge in [0, 0.05) is 35.9 Å². The molecule has 2 amide bonds. The summed E-state index contributed by atoms with van der Waals surface area (Å²) in [6, 6.07) is 12.4. The lowest BCUT2D eigenvalue weighted by molar-refractivity contribution is -0.133. The molecular weight excluding hydrogens is 581 g/mol. The molecule has 1 aliphatic carbocycles. The zero-order valence-corrected chi connectivity index (χ0v) is 25.8. The maximum Gasteiger partial charge on any atom is 0.516 e. The third kappa shape index (κ3) is 7.52. The van der Waals surface area contributed by atoms with Gasteiger partial charge < -0.3 is 15.1 Å². The fourth-order valence-corrected chi connectivity index (χ4v) is 6.88. The summed E-state index contributed by atoms with van der Waals surface area (Å²) in [6.07, 6.45) is 5.66. The molecule has 2 N–H and O–H groups in total. The van der Waals surface area contributed by atoms with Gasteiger partial charge in [-0.25, -0.2) is 0 Å². The molecule has 1 aliphatic heterocycles. The van der Waals surface area contributed by atoms with Crippen molar-refractivity contribution in [2.24, 2.45) is 5.92 Å². The van der Waals surface area contributed by atoms with E-state index in [9.17, 15) is 31.2 Å². The highest BCUT2D eigenvalue weighted by Crippen LogP contribution is 2.36. The molecule has 1 saturated heterocycles. The summed E-state index contributed by atoms with van der Waals surface area (Å²) >= 11 is 0. The summed E-state index contributed by atoms with van der Waals surface area (Å²) in [7, 11) is -3.40. The summed E-state index contributed by atoms with van der Waals surface area (Å²) < 4.78 is 63.0. The fraction of sp³-hybridized carbons (Fsp3) is 0.548. The largest absolute Gasteiger partial charge is 0.516 e. The van der Waals surface area contributed by atoms with E-state index in [2.05, 4.69) is 38.0 Å². The Morgan fingerprint density at radius 1 is 1.07 bits per heavy atom. The van der Waals surface area contributed by atoms with Crippen LogP contribution < -0.4 is 10.0 Å². The Balaban J connectivity index is 1.43. The first-order chi connectivity index (χ1) is 20.2. The lowest BCUT2D eigenvalue weighted by Gasteiger charge is -2.44. The second-order valence-corrected chi connectivity index (χ2v) is 13.6. The van der Waals surface area contributed by atoms with Gasteiger partial charge in [-0.3, -0.25) is 14.3 Å². The van der Waals surface area contributed by atoms with Crippen LogP contribution in [0.2, 0.25) is 0 Å². The number of rotatable bonds is 10. The predicted octanol–water partition coefficient (Wildman–Crippen LogP) is 5.62. The number of nitrogens with one attached hydrogen (secondary N) is 2. The van der Waals surface area contributed by atoms with Crippen LogP contribution in [-0.2, 0) is 14.8 Å². The number of halogens is 3. The highest BCUT2D eigenvalue weighted by atomic mass is 32.2. The van der Waals surface area contributed by atoms with Gasteiger partial charge in [0.15, 0.2) is 0 Å². The minimum atomic E-state index is -5.57. The van der Waals surface area contributed by atoms with Crippen LogP contribution in [0.15, 0.2) is 48.5 Å². The van der Waals surface area contributed by atoms with E-state index in [-0.39, 0.29) is 23.2 Å². The minimum absolute atomic E-state index is 0.0593. The Morgan fingerprint density at radius 2 is 1.74 bits per heavy atom. The quantitative estimate of drug-likeness (QED) is 0.358. The maximum absolute atomic E-state index is 13.5. The van der Waals surface area contributed by atoms with Gasteiger partial charge in [0.25, 0.3) is 5.91 Å². The Bertz CT molecular complexity index is 1420. The van der Waals surface area contributed by atoms with E-state index in [1.165, 1.54) is 22.9 Å². The number of benzene rings is 2. The molecule has 2 aromatic rings. The number of hydrogen-bond acceptors (Lipinski definition) is 5. The topological polar surface area (TPSA) is 98.8 Å². The summed E-state index contributed by atoms with van der Waals surface area (Å²) in [5.74, 6) is -0.0734. The average Bonchev–Trinajstić information content (AvgIpc) is 3.31. The normalized spacial score (nSPS) is 23.2. The van der Waals surface area contributed by atoms with Crippen molar-refractivity contribution in [1.82, 2.24) is 15.1 Å². The number of sulfonamides is 1. The molecule has 0 radical (unpaired) electrons. The number of anilines is 1. The van der Waals surface area contributed by atoms with Gasteiger partial charge in [0.2, 0.25) is 5.91 Å². The maximum atomic E-state index is 13.5. The predicted molar refractivity (Wildman–Crippen MR) is 161 cm³/mol. The summed E-state index contributed by atoms with van der Waals surface area (Å²) in [5.41, 5.74) is -4.50. The summed E-state index contributed by atoms with van der Waals surface area (Å²) in [6.45, 7) is 7.17. The third-order valence-electron chi connectivity index (χ3n) is 8.79. The molecule has 0 bridgehead atoms. The van der Waals surface area contributed by atoms with Crippen molar-refractivity contribution in [3.63, 3.8) is 0 Å². The van der Waals surface area contributed by atoms with Crippen LogP contribution in [0, 0.1) is 5.92 Å². The van der Waals surface area contributed by atoms with Gasteiger partial charge in [0.05, 0.1) is 0 Å². The van der Waals surface area contributed by atoms with Gasteiger partial charge in [-0.1, -0.05) is 37.6 Å². The number of carbonyl (C=O) groups excluding carboxylic acids is 2. The van der Waals surface area contributed by atoms with E-state index in [4.69, 9.17) is 0 Å². The van der Waals surface area contributed by atoms with Gasteiger partial charge in [-0.05, 0) is 94.3 Å². The SMILES string of the molecule is CCC[C@@H]1C[C@H](N(C)C(C)C)CC[C@@H]1N1CC[C@H](NC(=O)c2cccc(-c3cccc(NS(=O)(=O)C(F)(F)F)c3)c2)C1=O. The van der Waals surface area contributed by atoms with Crippen molar-refractivity contribution < 1.29 is 31.2 Å². The first-order valence-electron chi connectivity index (χ1n) is 14.8. The van der Waals surface area contributed by atoms with Crippen LogP contribution in [-0.4, -0.2) is 73.3 Å². The lowest BCUT2D eigenvalue weighted by Crippen LogP contribution is -2.51. The van der Waals surface area contributed by atoms with Crippen molar-refractivity contribution in [3.05, 3.63) is 54.1 Å². The molecule has 2 aromatic carbocycles. The molecule has 0 aromatic heterocycles.